The van der Waals surface area contributed by atoms with E-state index in [9.17, 15) is 9.59 Å². The average molecular weight is 450 g/mol. The average Bonchev–Trinajstić information content (AvgIpc) is 3.27. The number of benzene rings is 2. The number of carbonyl (C=O) groups is 2. The van der Waals surface area contributed by atoms with Gasteiger partial charge in [0.1, 0.15) is 5.92 Å². The molecule has 29 heavy (non-hydrogen) atoms. The first-order valence-corrected chi connectivity index (χ1v) is 9.99. The number of carbonyl (C=O) groups excluding carboxylic acids is 2. The fraction of sp³-hybridized carbons (Fsp3) is 0.136. The molecule has 6 nitrogen and oxygen atoms in total. The van der Waals surface area contributed by atoms with Crippen molar-refractivity contribution in [3.05, 3.63) is 89.2 Å². The van der Waals surface area contributed by atoms with Crippen molar-refractivity contribution in [2.45, 2.75) is 12.1 Å². The number of anilines is 2. The standard InChI is InChI=1S/C22H16BrN3O3/c23-15-8-10-16(11-9-15)25-21(27)18-19(14-5-4-12-24-13-14)26(29-20(18)22(25)28)17-6-2-1-3-7-17/h1-13,18-20H/t18-,19+,20-/m1/s1. The van der Waals surface area contributed by atoms with Crippen LogP contribution in [0.2, 0.25) is 0 Å². The number of amides is 2. The van der Waals surface area contributed by atoms with Crippen LogP contribution >= 0.6 is 15.9 Å². The van der Waals surface area contributed by atoms with E-state index in [-0.39, 0.29) is 11.8 Å². The Labute approximate surface area is 175 Å². The zero-order valence-corrected chi connectivity index (χ0v) is 16.8. The zero-order chi connectivity index (χ0) is 20.0. The number of nitrogens with zero attached hydrogens (tertiary/aromatic N) is 3. The van der Waals surface area contributed by atoms with Crippen LogP contribution in [0.15, 0.2) is 83.6 Å². The van der Waals surface area contributed by atoms with E-state index in [1.54, 1.807) is 41.7 Å². The van der Waals surface area contributed by atoms with Crippen LogP contribution in [-0.2, 0) is 14.4 Å². The Balaban J connectivity index is 1.58. The third-order valence-corrected chi connectivity index (χ3v) is 5.77. The fourth-order valence-corrected chi connectivity index (χ4v) is 4.21. The lowest BCUT2D eigenvalue weighted by molar-refractivity contribution is -0.126. The smallest absolute Gasteiger partial charge is 0.266 e. The molecule has 0 aliphatic carbocycles. The van der Waals surface area contributed by atoms with Gasteiger partial charge in [-0.2, -0.15) is 0 Å². The molecule has 0 N–H and O–H groups in total. The van der Waals surface area contributed by atoms with Crippen LogP contribution in [0.1, 0.15) is 11.6 Å². The molecule has 7 heteroatoms. The molecule has 0 saturated carbocycles. The molecular weight excluding hydrogens is 434 g/mol. The van der Waals surface area contributed by atoms with Gasteiger partial charge in [-0.05, 0) is 48.0 Å². The van der Waals surface area contributed by atoms with E-state index in [1.807, 2.05) is 42.5 Å². The predicted molar refractivity (Wildman–Crippen MR) is 111 cm³/mol. The maximum atomic E-state index is 13.4. The van der Waals surface area contributed by atoms with Crippen LogP contribution in [0, 0.1) is 5.92 Å². The topological polar surface area (TPSA) is 62.7 Å². The van der Waals surface area contributed by atoms with Crippen LogP contribution in [-0.4, -0.2) is 22.9 Å². The van der Waals surface area contributed by atoms with E-state index < -0.39 is 18.1 Å². The van der Waals surface area contributed by atoms with E-state index in [0.29, 0.717) is 5.69 Å². The summed E-state index contributed by atoms with van der Waals surface area (Å²) in [5.74, 6) is -1.28. The minimum absolute atomic E-state index is 0.269. The minimum atomic E-state index is -0.878. The number of rotatable bonds is 3. The molecule has 3 heterocycles. The van der Waals surface area contributed by atoms with Crippen LogP contribution in [0.3, 0.4) is 0 Å². The van der Waals surface area contributed by atoms with Gasteiger partial charge >= 0.3 is 0 Å². The fourth-order valence-electron chi connectivity index (χ4n) is 3.95. The molecule has 3 aromatic rings. The number of hydroxylamine groups is 1. The minimum Gasteiger partial charge on any atom is -0.273 e. The summed E-state index contributed by atoms with van der Waals surface area (Å²) in [6, 6.07) is 19.9. The molecule has 3 atom stereocenters. The Bertz CT molecular complexity index is 1060. The van der Waals surface area contributed by atoms with Crippen molar-refractivity contribution >= 4 is 39.1 Å². The first-order chi connectivity index (χ1) is 14.1. The van der Waals surface area contributed by atoms with Gasteiger partial charge < -0.3 is 0 Å². The van der Waals surface area contributed by atoms with Crippen LogP contribution in [0.25, 0.3) is 0 Å². The highest BCUT2D eigenvalue weighted by atomic mass is 79.9. The van der Waals surface area contributed by atoms with Gasteiger partial charge in [0.15, 0.2) is 6.10 Å². The lowest BCUT2D eigenvalue weighted by Crippen LogP contribution is -2.37. The van der Waals surface area contributed by atoms with Gasteiger partial charge in [-0.3, -0.25) is 19.4 Å². The van der Waals surface area contributed by atoms with Gasteiger partial charge in [0.05, 0.1) is 17.4 Å². The van der Waals surface area contributed by atoms with Crippen molar-refractivity contribution in [2.24, 2.45) is 5.92 Å². The van der Waals surface area contributed by atoms with E-state index in [4.69, 9.17) is 4.84 Å². The molecule has 2 amide bonds. The molecule has 5 rings (SSSR count). The van der Waals surface area contributed by atoms with Crippen molar-refractivity contribution < 1.29 is 14.4 Å². The summed E-state index contributed by atoms with van der Waals surface area (Å²) in [6.45, 7) is 0. The Hall–Kier alpha value is -3.03. The highest BCUT2D eigenvalue weighted by molar-refractivity contribution is 9.10. The quantitative estimate of drug-likeness (QED) is 0.567. The molecule has 0 unspecified atom stereocenters. The molecule has 2 aromatic carbocycles. The second kappa shape index (κ2) is 7.09. The summed E-state index contributed by atoms with van der Waals surface area (Å²) in [5.41, 5.74) is 2.15. The van der Waals surface area contributed by atoms with Crippen LogP contribution < -0.4 is 9.96 Å². The van der Waals surface area contributed by atoms with Gasteiger partial charge in [0, 0.05) is 16.9 Å². The van der Waals surface area contributed by atoms with E-state index in [2.05, 4.69) is 20.9 Å². The second-order valence-electron chi connectivity index (χ2n) is 6.93. The van der Waals surface area contributed by atoms with Gasteiger partial charge in [-0.15, -0.1) is 0 Å². The van der Waals surface area contributed by atoms with Crippen LogP contribution in [0.4, 0.5) is 11.4 Å². The van der Waals surface area contributed by atoms with E-state index in [1.165, 1.54) is 4.90 Å². The third-order valence-electron chi connectivity index (χ3n) is 5.24. The molecule has 2 aliphatic heterocycles. The van der Waals surface area contributed by atoms with Crippen molar-refractivity contribution in [1.29, 1.82) is 0 Å². The largest absolute Gasteiger partial charge is 0.273 e. The van der Waals surface area contributed by atoms with Crippen molar-refractivity contribution in [1.82, 2.24) is 4.98 Å². The summed E-state index contributed by atoms with van der Waals surface area (Å²) in [7, 11) is 0. The normalized spacial score (nSPS) is 23.6. The number of aromatic nitrogens is 1. The molecule has 1 aromatic heterocycles. The Morgan fingerprint density at radius 1 is 0.862 bits per heavy atom. The first kappa shape index (κ1) is 18.0. The van der Waals surface area contributed by atoms with Gasteiger partial charge in [0.25, 0.3) is 5.91 Å². The molecule has 2 aliphatic rings. The highest BCUT2D eigenvalue weighted by Crippen LogP contribution is 2.47. The summed E-state index contributed by atoms with van der Waals surface area (Å²) in [6.07, 6.45) is 2.52. The predicted octanol–water partition coefficient (Wildman–Crippen LogP) is 3.90. The molecule has 2 fully saturated rings. The van der Waals surface area contributed by atoms with Gasteiger partial charge in [-0.25, -0.2) is 9.96 Å². The Morgan fingerprint density at radius 3 is 2.31 bits per heavy atom. The van der Waals surface area contributed by atoms with Crippen molar-refractivity contribution in [2.75, 3.05) is 9.96 Å². The van der Waals surface area contributed by atoms with E-state index in [0.717, 1.165) is 15.7 Å². The number of fused-ring (bicyclic) bond motifs is 1. The summed E-state index contributed by atoms with van der Waals surface area (Å²) in [5, 5.41) is 1.67. The molecule has 0 spiro atoms. The number of halogens is 1. The lowest BCUT2D eigenvalue weighted by atomic mass is 9.91. The molecular formula is C22H16BrN3O3. The maximum absolute atomic E-state index is 13.4. The molecule has 2 saturated heterocycles. The second-order valence-corrected chi connectivity index (χ2v) is 7.85. The monoisotopic (exact) mass is 449 g/mol. The van der Waals surface area contributed by atoms with Gasteiger partial charge in [0.2, 0.25) is 5.91 Å². The van der Waals surface area contributed by atoms with Crippen LogP contribution in [0.5, 0.6) is 0 Å². The number of imide groups is 1. The zero-order valence-electron chi connectivity index (χ0n) is 15.2. The molecule has 0 bridgehead atoms. The van der Waals surface area contributed by atoms with E-state index >= 15 is 0 Å². The Kier molecular flexibility index (Phi) is 4.41. The number of para-hydroxylation sites is 1. The van der Waals surface area contributed by atoms with Gasteiger partial charge in [-0.1, -0.05) is 40.2 Å². The summed E-state index contributed by atoms with van der Waals surface area (Å²) in [4.78, 5) is 38.1. The summed E-state index contributed by atoms with van der Waals surface area (Å²) >= 11 is 3.38. The first-order valence-electron chi connectivity index (χ1n) is 9.19. The Morgan fingerprint density at radius 2 is 1.62 bits per heavy atom. The number of hydrogen-bond donors (Lipinski definition) is 0. The molecule has 144 valence electrons. The maximum Gasteiger partial charge on any atom is 0.266 e. The molecule has 0 radical (unpaired) electrons. The summed E-state index contributed by atoms with van der Waals surface area (Å²) < 4.78 is 0.875. The highest BCUT2D eigenvalue weighted by Gasteiger charge is 2.60. The van der Waals surface area contributed by atoms with Crippen molar-refractivity contribution in [3.63, 3.8) is 0 Å². The SMILES string of the molecule is O=C1[C@H]2[C@@H](ON(c3ccccc3)[C@H]2c2cccnc2)C(=O)N1c1ccc(Br)cc1. The third kappa shape index (κ3) is 2.94. The van der Waals surface area contributed by atoms with Crippen molar-refractivity contribution in [3.8, 4) is 0 Å². The number of pyridine rings is 1. The lowest BCUT2D eigenvalue weighted by Gasteiger charge is -2.28. The number of hydrogen-bond acceptors (Lipinski definition) is 5.